The lowest BCUT2D eigenvalue weighted by Gasteiger charge is -2.42. The van der Waals surface area contributed by atoms with Gasteiger partial charge < -0.3 is 14.6 Å². The van der Waals surface area contributed by atoms with Gasteiger partial charge >= 0.3 is 0 Å². The van der Waals surface area contributed by atoms with E-state index >= 15 is 0 Å². The lowest BCUT2D eigenvalue weighted by atomic mass is 9.99. The van der Waals surface area contributed by atoms with E-state index in [2.05, 4.69) is 14.9 Å². The third-order valence-electron chi connectivity index (χ3n) is 5.52. The minimum atomic E-state index is -0.318. The SMILES string of the molecule is COc1ccccc1-n1cc(CN2CC[C@H](N3CCOCC3)[C@@H](O)C2)cn1. The van der Waals surface area contributed by atoms with Crippen LogP contribution in [0.2, 0.25) is 0 Å². The highest BCUT2D eigenvalue weighted by Gasteiger charge is 2.32. The molecule has 1 aromatic carbocycles. The molecule has 3 heterocycles. The van der Waals surface area contributed by atoms with E-state index in [1.165, 1.54) is 0 Å². The van der Waals surface area contributed by atoms with Gasteiger partial charge in [-0.2, -0.15) is 5.10 Å². The molecule has 0 amide bonds. The molecule has 2 saturated heterocycles. The molecule has 7 heteroatoms. The molecule has 2 aliphatic rings. The number of nitrogens with zero attached hydrogens (tertiary/aromatic N) is 4. The van der Waals surface area contributed by atoms with Crippen molar-refractivity contribution in [1.82, 2.24) is 19.6 Å². The molecule has 0 spiro atoms. The van der Waals surface area contributed by atoms with Gasteiger partial charge in [0.25, 0.3) is 0 Å². The van der Waals surface area contributed by atoms with Gasteiger partial charge in [-0.25, -0.2) is 4.68 Å². The molecular formula is C20H28N4O3. The van der Waals surface area contributed by atoms with Crippen LogP contribution in [0.25, 0.3) is 5.69 Å². The van der Waals surface area contributed by atoms with Gasteiger partial charge in [0.05, 0.1) is 32.6 Å². The first-order valence-electron chi connectivity index (χ1n) is 9.64. The van der Waals surface area contributed by atoms with Crippen LogP contribution in [0.4, 0.5) is 0 Å². The predicted octanol–water partition coefficient (Wildman–Crippen LogP) is 1.15. The fourth-order valence-electron chi connectivity index (χ4n) is 4.11. The van der Waals surface area contributed by atoms with Crippen molar-refractivity contribution in [1.29, 1.82) is 0 Å². The van der Waals surface area contributed by atoms with Gasteiger partial charge in [-0.1, -0.05) is 12.1 Å². The first-order valence-corrected chi connectivity index (χ1v) is 9.64. The van der Waals surface area contributed by atoms with Gasteiger partial charge in [0.2, 0.25) is 0 Å². The molecule has 0 unspecified atom stereocenters. The molecule has 27 heavy (non-hydrogen) atoms. The van der Waals surface area contributed by atoms with E-state index in [1.807, 2.05) is 41.3 Å². The lowest BCUT2D eigenvalue weighted by Crippen LogP contribution is -2.56. The number of hydrogen-bond donors (Lipinski definition) is 1. The average molecular weight is 372 g/mol. The Morgan fingerprint density at radius 1 is 1.22 bits per heavy atom. The van der Waals surface area contributed by atoms with Crippen molar-refractivity contribution in [3.63, 3.8) is 0 Å². The number of rotatable bonds is 5. The maximum absolute atomic E-state index is 10.7. The second kappa shape index (κ2) is 8.39. The molecule has 7 nitrogen and oxygen atoms in total. The summed E-state index contributed by atoms with van der Waals surface area (Å²) in [6.07, 6.45) is 4.61. The number of para-hydroxylation sites is 2. The van der Waals surface area contributed by atoms with Gasteiger partial charge in [0.1, 0.15) is 11.4 Å². The molecular weight excluding hydrogens is 344 g/mol. The van der Waals surface area contributed by atoms with E-state index in [0.717, 1.165) is 62.8 Å². The number of hydrogen-bond acceptors (Lipinski definition) is 6. The number of aliphatic hydroxyl groups is 1. The predicted molar refractivity (Wildman–Crippen MR) is 102 cm³/mol. The van der Waals surface area contributed by atoms with Gasteiger partial charge in [-0.15, -0.1) is 0 Å². The quantitative estimate of drug-likeness (QED) is 0.850. The summed E-state index contributed by atoms with van der Waals surface area (Å²) >= 11 is 0. The molecule has 0 saturated carbocycles. The maximum atomic E-state index is 10.7. The summed E-state index contributed by atoms with van der Waals surface area (Å²) in [4.78, 5) is 4.69. The first kappa shape index (κ1) is 18.4. The van der Waals surface area contributed by atoms with Crippen LogP contribution < -0.4 is 4.74 Å². The highest BCUT2D eigenvalue weighted by molar-refractivity contribution is 5.46. The molecule has 1 aromatic heterocycles. The normalized spacial score (nSPS) is 24.8. The Morgan fingerprint density at radius 3 is 2.81 bits per heavy atom. The van der Waals surface area contributed by atoms with Crippen LogP contribution in [0.15, 0.2) is 36.7 Å². The van der Waals surface area contributed by atoms with Crippen LogP contribution >= 0.6 is 0 Å². The third kappa shape index (κ3) is 4.16. The molecule has 2 fully saturated rings. The lowest BCUT2D eigenvalue weighted by molar-refractivity contribution is -0.0534. The van der Waals surface area contributed by atoms with Crippen molar-refractivity contribution < 1.29 is 14.6 Å². The molecule has 1 N–H and O–H groups in total. The molecule has 2 atom stereocenters. The molecule has 4 rings (SSSR count). The van der Waals surface area contributed by atoms with Crippen LogP contribution in [0, 0.1) is 0 Å². The zero-order chi connectivity index (χ0) is 18.6. The van der Waals surface area contributed by atoms with Gasteiger partial charge in [-0.3, -0.25) is 9.80 Å². The molecule has 2 aromatic rings. The Morgan fingerprint density at radius 2 is 2.04 bits per heavy atom. The second-order valence-corrected chi connectivity index (χ2v) is 7.27. The Hall–Kier alpha value is -1.93. The monoisotopic (exact) mass is 372 g/mol. The Labute approximate surface area is 160 Å². The zero-order valence-electron chi connectivity index (χ0n) is 15.8. The molecule has 2 aliphatic heterocycles. The van der Waals surface area contributed by atoms with Crippen molar-refractivity contribution in [2.24, 2.45) is 0 Å². The van der Waals surface area contributed by atoms with Gasteiger partial charge in [-0.05, 0) is 18.6 Å². The molecule has 0 radical (unpaired) electrons. The van der Waals surface area contributed by atoms with E-state index in [1.54, 1.807) is 7.11 Å². The number of β-amino-alcohol motifs (C(OH)–C–C–N with tert-alkyl or cyclic N) is 1. The number of piperidine rings is 1. The Kier molecular flexibility index (Phi) is 5.73. The van der Waals surface area contributed by atoms with Crippen molar-refractivity contribution in [3.8, 4) is 11.4 Å². The van der Waals surface area contributed by atoms with Crippen LogP contribution in [0.1, 0.15) is 12.0 Å². The van der Waals surface area contributed by atoms with E-state index in [4.69, 9.17) is 9.47 Å². The van der Waals surface area contributed by atoms with Crippen molar-refractivity contribution in [2.75, 3.05) is 46.5 Å². The zero-order valence-corrected chi connectivity index (χ0v) is 15.8. The summed E-state index contributed by atoms with van der Waals surface area (Å²) in [5.41, 5.74) is 2.07. The summed E-state index contributed by atoms with van der Waals surface area (Å²) < 4.78 is 12.7. The smallest absolute Gasteiger partial charge is 0.144 e. The third-order valence-corrected chi connectivity index (χ3v) is 5.52. The average Bonchev–Trinajstić information content (AvgIpc) is 3.17. The number of methoxy groups -OCH3 is 1. The number of aliphatic hydroxyl groups excluding tert-OH is 1. The summed E-state index contributed by atoms with van der Waals surface area (Å²) in [5.74, 6) is 0.800. The summed E-state index contributed by atoms with van der Waals surface area (Å²) in [6.45, 7) is 5.87. The minimum Gasteiger partial charge on any atom is -0.494 e. The fourth-order valence-corrected chi connectivity index (χ4v) is 4.11. The minimum absolute atomic E-state index is 0.251. The molecule has 0 bridgehead atoms. The number of benzene rings is 1. The van der Waals surface area contributed by atoms with Crippen LogP contribution in [0.3, 0.4) is 0 Å². The molecule has 146 valence electrons. The number of aromatic nitrogens is 2. The highest BCUT2D eigenvalue weighted by atomic mass is 16.5. The summed E-state index contributed by atoms with van der Waals surface area (Å²) in [7, 11) is 1.67. The van der Waals surface area contributed by atoms with E-state index in [9.17, 15) is 5.11 Å². The van der Waals surface area contributed by atoms with E-state index < -0.39 is 0 Å². The number of morpholine rings is 1. The van der Waals surface area contributed by atoms with Gasteiger partial charge in [0.15, 0.2) is 0 Å². The fraction of sp³-hybridized carbons (Fsp3) is 0.550. The van der Waals surface area contributed by atoms with Crippen LogP contribution in [-0.2, 0) is 11.3 Å². The van der Waals surface area contributed by atoms with Crippen LogP contribution in [-0.4, -0.2) is 83.3 Å². The van der Waals surface area contributed by atoms with Crippen LogP contribution in [0.5, 0.6) is 5.75 Å². The summed E-state index contributed by atoms with van der Waals surface area (Å²) in [5, 5.41) is 15.2. The standard InChI is InChI=1S/C20H28N4O3/c1-26-20-5-3-2-4-18(20)24-14-16(12-21-24)13-22-7-6-17(19(25)15-22)23-8-10-27-11-9-23/h2-5,12,14,17,19,25H,6-11,13,15H2,1H3/t17-,19-/m0/s1. The highest BCUT2D eigenvalue weighted by Crippen LogP contribution is 2.23. The summed E-state index contributed by atoms with van der Waals surface area (Å²) in [6, 6.07) is 8.11. The van der Waals surface area contributed by atoms with E-state index in [-0.39, 0.29) is 12.1 Å². The largest absolute Gasteiger partial charge is 0.494 e. The van der Waals surface area contributed by atoms with Crippen molar-refractivity contribution in [2.45, 2.75) is 25.1 Å². The second-order valence-electron chi connectivity index (χ2n) is 7.27. The van der Waals surface area contributed by atoms with Crippen molar-refractivity contribution >= 4 is 0 Å². The van der Waals surface area contributed by atoms with Gasteiger partial charge in [0, 0.05) is 50.5 Å². The Bertz CT molecular complexity index is 744. The van der Waals surface area contributed by atoms with Crippen molar-refractivity contribution in [3.05, 3.63) is 42.2 Å². The molecule has 0 aliphatic carbocycles. The first-order chi connectivity index (χ1) is 13.2. The van der Waals surface area contributed by atoms with E-state index in [0.29, 0.717) is 6.54 Å². The number of likely N-dealkylation sites (tertiary alicyclic amines) is 1. The number of ether oxygens (including phenoxy) is 2. The topological polar surface area (TPSA) is 63.0 Å². The Balaban J connectivity index is 1.37. The maximum Gasteiger partial charge on any atom is 0.144 e.